The van der Waals surface area contributed by atoms with Crippen molar-refractivity contribution in [2.45, 2.75) is 44.1 Å². The summed E-state index contributed by atoms with van der Waals surface area (Å²) in [7, 11) is -17.2. The molecular weight excluding hydrogens is 549 g/mol. The Hall–Kier alpha value is -1.57. The van der Waals surface area contributed by atoms with Crippen molar-refractivity contribution in [2.24, 2.45) is 0 Å². The number of aliphatic hydroxyl groups is 1. The van der Waals surface area contributed by atoms with Crippen molar-refractivity contribution in [1.82, 2.24) is 9.55 Å². The Morgan fingerprint density at radius 3 is 2.40 bits per heavy atom. The molecule has 0 aliphatic carbocycles. The molecular formula is C14H20F2N3O13P3. The van der Waals surface area contributed by atoms with E-state index in [1.807, 2.05) is 0 Å². The Morgan fingerprint density at radius 1 is 1.29 bits per heavy atom. The number of anilines is 1. The number of phosphoric acid groups is 3. The average Bonchev–Trinajstić information content (AvgIpc) is 2.88. The van der Waals surface area contributed by atoms with Gasteiger partial charge in [0.15, 0.2) is 6.23 Å². The van der Waals surface area contributed by atoms with Crippen molar-refractivity contribution in [1.29, 1.82) is 0 Å². The van der Waals surface area contributed by atoms with Crippen LogP contribution in [0.1, 0.15) is 18.8 Å². The van der Waals surface area contributed by atoms with E-state index < -0.39 is 66.0 Å². The molecule has 1 aliphatic heterocycles. The quantitative estimate of drug-likeness (QED) is 0.175. The number of aromatic nitrogens is 2. The van der Waals surface area contributed by atoms with Gasteiger partial charge in [-0.25, -0.2) is 27.3 Å². The summed E-state index contributed by atoms with van der Waals surface area (Å²) in [6.07, 6.45) is -8.32. The first-order chi connectivity index (χ1) is 15.8. The van der Waals surface area contributed by atoms with Gasteiger partial charge < -0.3 is 35.2 Å². The zero-order chi connectivity index (χ0) is 27.0. The fourth-order valence-electron chi connectivity index (χ4n) is 3.11. The molecule has 4 unspecified atom stereocenters. The minimum Gasteiger partial charge on any atom is -0.386 e. The molecule has 0 spiro atoms. The topological polar surface area (TPSA) is 250 Å². The van der Waals surface area contributed by atoms with Gasteiger partial charge >= 0.3 is 29.2 Å². The third-order valence-corrected chi connectivity index (χ3v) is 8.24. The molecule has 16 nitrogen and oxygen atoms in total. The molecule has 0 aromatic carbocycles. The molecule has 35 heavy (non-hydrogen) atoms. The van der Waals surface area contributed by atoms with E-state index in [1.165, 1.54) is 6.92 Å². The van der Waals surface area contributed by atoms with E-state index in [0.29, 0.717) is 4.57 Å². The standard InChI is InChI=1S/C14H20F2N3O13P3/c1-7-6-9(17)18-13(21)19(7)12-14(16,4-3-5-15)11(20)10(29-12)8(2)30-34(25,26)32-35(27,28)31-33(22,23)24/h6,8,10-12,20H,5H2,1-2H3,(H,25,26)(H,27,28)(H2,17,18,21)(H2,22,23,24)/t8-,10?,11+,12-,14?/m1/s1. The average molecular weight is 569 g/mol. The number of nitrogens with two attached hydrogens (primary N) is 1. The molecule has 2 heterocycles. The van der Waals surface area contributed by atoms with Crippen molar-refractivity contribution in [2.75, 3.05) is 12.4 Å². The lowest BCUT2D eigenvalue weighted by Crippen LogP contribution is -2.46. The summed E-state index contributed by atoms with van der Waals surface area (Å²) < 4.78 is 80.4. The van der Waals surface area contributed by atoms with Crippen molar-refractivity contribution in [3.05, 3.63) is 22.2 Å². The van der Waals surface area contributed by atoms with E-state index >= 15 is 4.39 Å². The highest BCUT2D eigenvalue weighted by atomic mass is 31.3. The summed E-state index contributed by atoms with van der Waals surface area (Å²) >= 11 is 0. The number of phosphoric ester groups is 1. The van der Waals surface area contributed by atoms with Gasteiger partial charge in [0, 0.05) is 5.69 Å². The molecule has 7 atom stereocenters. The van der Waals surface area contributed by atoms with E-state index in [-0.39, 0.29) is 11.5 Å². The first-order valence-electron chi connectivity index (χ1n) is 9.08. The van der Waals surface area contributed by atoms with Crippen LogP contribution in [0.5, 0.6) is 0 Å². The van der Waals surface area contributed by atoms with Crippen molar-refractivity contribution in [3.8, 4) is 11.8 Å². The molecule has 1 saturated heterocycles. The monoisotopic (exact) mass is 569 g/mol. The maximum absolute atomic E-state index is 15.9. The molecule has 0 saturated carbocycles. The van der Waals surface area contributed by atoms with Gasteiger partial charge in [-0.2, -0.15) is 13.6 Å². The fraction of sp³-hybridized carbons (Fsp3) is 0.571. The third kappa shape index (κ3) is 7.23. The zero-order valence-corrected chi connectivity index (χ0v) is 20.3. The number of rotatable bonds is 8. The van der Waals surface area contributed by atoms with Crippen LogP contribution in [0.3, 0.4) is 0 Å². The summed E-state index contributed by atoms with van der Waals surface area (Å²) in [5.41, 5.74) is 1.07. The molecule has 198 valence electrons. The SMILES string of the molecule is Cc1cc(N)nc(=O)n1[C@@H]1OC([C@@H](C)OP(=O)(O)OP(=O)(O)OP(=O)(O)O)[C@H](O)C1(F)C#CCF. The molecule has 1 fully saturated rings. The first kappa shape index (κ1) is 29.7. The number of ether oxygens (including phenoxy) is 1. The van der Waals surface area contributed by atoms with Gasteiger partial charge in [-0.1, -0.05) is 11.8 Å². The van der Waals surface area contributed by atoms with Crippen LogP contribution >= 0.6 is 23.5 Å². The number of nitrogens with zero attached hydrogens (tertiary/aromatic N) is 2. The highest BCUT2D eigenvalue weighted by Gasteiger charge is 2.60. The van der Waals surface area contributed by atoms with Crippen LogP contribution in [-0.2, 0) is 31.6 Å². The van der Waals surface area contributed by atoms with Gasteiger partial charge in [0.1, 0.15) is 24.7 Å². The zero-order valence-electron chi connectivity index (χ0n) is 17.7. The second-order valence-corrected chi connectivity index (χ2v) is 11.4. The number of hydrogen-bond acceptors (Lipinski definition) is 11. The Bertz CT molecular complexity index is 1230. The third-order valence-electron chi connectivity index (χ3n) is 4.31. The number of aliphatic hydroxyl groups excluding tert-OH is 1. The van der Waals surface area contributed by atoms with E-state index in [1.54, 1.807) is 11.8 Å². The second kappa shape index (κ2) is 10.4. The molecule has 1 aromatic heterocycles. The Kier molecular flexibility index (Phi) is 8.84. The van der Waals surface area contributed by atoms with Crippen LogP contribution in [0.25, 0.3) is 0 Å². The molecule has 0 amide bonds. The van der Waals surface area contributed by atoms with Crippen LogP contribution in [0.4, 0.5) is 14.6 Å². The molecule has 0 radical (unpaired) electrons. The molecule has 0 bridgehead atoms. The van der Waals surface area contributed by atoms with Crippen molar-refractivity contribution < 1.29 is 65.0 Å². The lowest BCUT2D eigenvalue weighted by Gasteiger charge is -2.26. The Morgan fingerprint density at radius 2 is 1.89 bits per heavy atom. The van der Waals surface area contributed by atoms with Gasteiger partial charge in [-0.05, 0) is 19.9 Å². The van der Waals surface area contributed by atoms with Crippen LogP contribution in [0, 0.1) is 18.8 Å². The summed E-state index contributed by atoms with van der Waals surface area (Å²) in [5.74, 6) is 3.30. The summed E-state index contributed by atoms with van der Waals surface area (Å²) in [4.78, 5) is 51.8. The lowest BCUT2D eigenvalue weighted by atomic mass is 9.94. The Balaban J connectivity index is 2.39. The minimum atomic E-state index is -5.86. The predicted octanol–water partition coefficient (Wildman–Crippen LogP) is -0.195. The summed E-state index contributed by atoms with van der Waals surface area (Å²) in [6.45, 7) is 0.830. The number of hydrogen-bond donors (Lipinski definition) is 6. The number of aryl methyl sites for hydroxylation is 1. The van der Waals surface area contributed by atoms with Crippen molar-refractivity contribution in [3.63, 3.8) is 0 Å². The smallest absolute Gasteiger partial charge is 0.386 e. The highest BCUT2D eigenvalue weighted by molar-refractivity contribution is 7.66. The van der Waals surface area contributed by atoms with Gasteiger partial charge in [-0.15, -0.1) is 0 Å². The maximum Gasteiger partial charge on any atom is 0.490 e. The van der Waals surface area contributed by atoms with Crippen LogP contribution < -0.4 is 11.4 Å². The predicted molar refractivity (Wildman–Crippen MR) is 110 cm³/mol. The molecule has 7 N–H and O–H groups in total. The van der Waals surface area contributed by atoms with Gasteiger partial charge in [-0.3, -0.25) is 9.09 Å². The second-order valence-electron chi connectivity index (χ2n) is 6.98. The molecule has 1 aliphatic rings. The largest absolute Gasteiger partial charge is 0.490 e. The van der Waals surface area contributed by atoms with Gasteiger partial charge in [0.05, 0.1) is 6.10 Å². The van der Waals surface area contributed by atoms with Gasteiger partial charge in [0.25, 0.3) is 0 Å². The molecule has 21 heteroatoms. The highest BCUT2D eigenvalue weighted by Crippen LogP contribution is 2.66. The van der Waals surface area contributed by atoms with Crippen LogP contribution in [0.15, 0.2) is 10.9 Å². The first-order valence-corrected chi connectivity index (χ1v) is 13.6. The van der Waals surface area contributed by atoms with Crippen molar-refractivity contribution >= 4 is 29.3 Å². The van der Waals surface area contributed by atoms with E-state index in [9.17, 15) is 37.8 Å². The molecule has 2 rings (SSSR count). The fourth-order valence-corrected chi connectivity index (χ4v) is 6.31. The van der Waals surface area contributed by atoms with E-state index in [0.717, 1.165) is 13.0 Å². The summed E-state index contributed by atoms with van der Waals surface area (Å²) in [5, 5.41) is 10.5. The lowest BCUT2D eigenvalue weighted by molar-refractivity contribution is -0.0786. The van der Waals surface area contributed by atoms with E-state index in [2.05, 4.69) is 18.1 Å². The molecule has 1 aromatic rings. The normalized spacial score (nSPS) is 29.0. The van der Waals surface area contributed by atoms with E-state index in [4.69, 9.17) is 20.3 Å². The summed E-state index contributed by atoms with van der Waals surface area (Å²) in [6, 6.07) is 1.14. The number of nitrogen functional groups attached to an aromatic ring is 1. The van der Waals surface area contributed by atoms with Gasteiger partial charge in [0.2, 0.25) is 5.67 Å². The number of halogens is 2. The minimum absolute atomic E-state index is 0.0232. The Labute approximate surface area is 195 Å². The van der Waals surface area contributed by atoms with Crippen LogP contribution in [0.2, 0.25) is 0 Å². The van der Waals surface area contributed by atoms with Crippen LogP contribution in [-0.4, -0.2) is 64.9 Å². The maximum atomic E-state index is 15.9. The number of alkyl halides is 2.